The van der Waals surface area contributed by atoms with E-state index in [2.05, 4.69) is 0 Å². The van der Waals surface area contributed by atoms with Crippen molar-refractivity contribution >= 4 is 11.5 Å². The number of nitrogens with two attached hydrogens (primary N) is 1. The van der Waals surface area contributed by atoms with Gasteiger partial charge in [-0.1, -0.05) is 20.8 Å². The minimum atomic E-state index is -0.417. The van der Waals surface area contributed by atoms with Crippen LogP contribution in [0.5, 0.6) is 0 Å². The average molecular weight is 298 g/mol. The molecule has 0 radical (unpaired) electrons. The van der Waals surface area contributed by atoms with Crippen LogP contribution < -0.4 is 21.9 Å². The van der Waals surface area contributed by atoms with E-state index in [9.17, 15) is 14.7 Å². The zero-order chi connectivity index (χ0) is 16.2. The van der Waals surface area contributed by atoms with Gasteiger partial charge in [-0.05, 0) is 12.3 Å². The maximum Gasteiger partial charge on any atom is 0.332 e. The third kappa shape index (κ3) is 3.66. The van der Waals surface area contributed by atoms with Crippen LogP contribution in [-0.2, 0) is 13.6 Å². The van der Waals surface area contributed by atoms with Crippen LogP contribution in [0, 0.1) is 5.92 Å². The maximum atomic E-state index is 12.4. The minimum absolute atomic E-state index is 0.0775. The lowest BCUT2D eigenvalue weighted by atomic mass is 10.2. The van der Waals surface area contributed by atoms with E-state index < -0.39 is 11.2 Å². The predicted octanol–water partition coefficient (Wildman–Crippen LogP) is -0.00610. The van der Waals surface area contributed by atoms with Crippen LogP contribution in [0.3, 0.4) is 0 Å². The van der Waals surface area contributed by atoms with Gasteiger partial charge in [0.1, 0.15) is 11.5 Å². The number of nitrogen functional groups attached to an aromatic ring is 1. The largest absolute Gasteiger partial charge is 0.395 e. The molecule has 0 bridgehead atoms. The molecular formula is C14H26N4O3. The molecule has 0 amide bonds. The molecule has 1 rings (SSSR count). The molecule has 7 heteroatoms. The summed E-state index contributed by atoms with van der Waals surface area (Å²) in [5.74, 6) is 0.409. The number of anilines is 2. The lowest BCUT2D eigenvalue weighted by Crippen LogP contribution is -2.44. The highest BCUT2D eigenvalue weighted by Gasteiger charge is 2.20. The topological polar surface area (TPSA) is 93.5 Å². The van der Waals surface area contributed by atoms with Crippen molar-refractivity contribution in [3.05, 3.63) is 20.8 Å². The van der Waals surface area contributed by atoms with Crippen LogP contribution in [0.1, 0.15) is 27.2 Å². The molecule has 0 spiro atoms. The van der Waals surface area contributed by atoms with E-state index in [1.54, 1.807) is 4.90 Å². The molecule has 0 atom stereocenters. The minimum Gasteiger partial charge on any atom is -0.395 e. The van der Waals surface area contributed by atoms with Gasteiger partial charge in [-0.3, -0.25) is 13.9 Å². The van der Waals surface area contributed by atoms with Crippen molar-refractivity contribution in [1.82, 2.24) is 9.13 Å². The van der Waals surface area contributed by atoms with Crippen LogP contribution >= 0.6 is 0 Å². The second-order valence-corrected chi connectivity index (χ2v) is 5.60. The first kappa shape index (κ1) is 17.3. The number of hydrogen-bond acceptors (Lipinski definition) is 5. The molecule has 0 aliphatic heterocycles. The number of aliphatic hydroxyl groups excluding tert-OH is 1. The Morgan fingerprint density at radius 1 is 1.29 bits per heavy atom. The Hall–Kier alpha value is -1.76. The Labute approximate surface area is 124 Å². The van der Waals surface area contributed by atoms with Crippen LogP contribution in [0.15, 0.2) is 9.59 Å². The molecule has 0 aliphatic rings. The van der Waals surface area contributed by atoms with Gasteiger partial charge in [0.05, 0.1) is 6.61 Å². The number of aliphatic hydroxyl groups is 1. The van der Waals surface area contributed by atoms with Crippen molar-refractivity contribution in [1.29, 1.82) is 0 Å². The van der Waals surface area contributed by atoms with E-state index in [1.807, 2.05) is 20.8 Å². The highest BCUT2D eigenvalue weighted by Crippen LogP contribution is 2.18. The third-order valence-corrected chi connectivity index (χ3v) is 3.29. The molecule has 0 fully saturated rings. The predicted molar refractivity (Wildman–Crippen MR) is 84.8 cm³/mol. The summed E-state index contributed by atoms with van der Waals surface area (Å²) in [5.41, 5.74) is 5.57. The highest BCUT2D eigenvalue weighted by molar-refractivity contribution is 5.62. The van der Waals surface area contributed by atoms with E-state index >= 15 is 0 Å². The van der Waals surface area contributed by atoms with E-state index in [-0.39, 0.29) is 18.3 Å². The summed E-state index contributed by atoms with van der Waals surface area (Å²) in [5, 5.41) is 9.19. The SMILES string of the molecule is CCCN(CCO)c1c(N)n(CC(C)C)c(=O)n(C)c1=O. The number of aromatic nitrogens is 2. The van der Waals surface area contributed by atoms with E-state index in [4.69, 9.17) is 5.73 Å². The van der Waals surface area contributed by atoms with Crippen molar-refractivity contribution in [2.24, 2.45) is 13.0 Å². The molecule has 1 aromatic rings. The van der Waals surface area contributed by atoms with Gasteiger partial charge in [-0.2, -0.15) is 0 Å². The molecule has 0 aliphatic carbocycles. The molecule has 0 saturated heterocycles. The molecule has 1 aromatic heterocycles. The van der Waals surface area contributed by atoms with Crippen molar-refractivity contribution in [3.8, 4) is 0 Å². The quantitative estimate of drug-likeness (QED) is 0.738. The summed E-state index contributed by atoms with van der Waals surface area (Å²) in [6, 6.07) is 0. The number of rotatable bonds is 7. The van der Waals surface area contributed by atoms with Crippen LogP contribution in [0.2, 0.25) is 0 Å². The number of hydrogen-bond donors (Lipinski definition) is 2. The molecule has 0 saturated carbocycles. The monoisotopic (exact) mass is 298 g/mol. The van der Waals surface area contributed by atoms with E-state index in [0.717, 1.165) is 11.0 Å². The van der Waals surface area contributed by atoms with Gasteiger partial charge >= 0.3 is 5.69 Å². The van der Waals surface area contributed by atoms with Crippen molar-refractivity contribution in [3.63, 3.8) is 0 Å². The average Bonchev–Trinajstić information content (AvgIpc) is 2.42. The molecular weight excluding hydrogens is 272 g/mol. The fourth-order valence-electron chi connectivity index (χ4n) is 2.33. The lowest BCUT2D eigenvalue weighted by molar-refractivity contribution is 0.301. The van der Waals surface area contributed by atoms with Crippen LogP contribution in [-0.4, -0.2) is 33.9 Å². The summed E-state index contributed by atoms with van der Waals surface area (Å²) in [4.78, 5) is 26.3. The number of nitrogens with zero attached hydrogens (tertiary/aromatic N) is 3. The first-order valence-corrected chi connectivity index (χ1v) is 7.30. The zero-order valence-corrected chi connectivity index (χ0v) is 13.3. The van der Waals surface area contributed by atoms with Crippen molar-refractivity contribution in [2.75, 3.05) is 30.3 Å². The molecule has 0 aromatic carbocycles. The molecule has 7 nitrogen and oxygen atoms in total. The van der Waals surface area contributed by atoms with Gasteiger partial charge in [0, 0.05) is 26.7 Å². The Kier molecular flexibility index (Phi) is 6.02. The smallest absolute Gasteiger partial charge is 0.332 e. The molecule has 120 valence electrons. The van der Waals surface area contributed by atoms with E-state index in [1.165, 1.54) is 11.6 Å². The summed E-state index contributed by atoms with van der Waals surface area (Å²) in [6.07, 6.45) is 0.811. The Morgan fingerprint density at radius 2 is 1.90 bits per heavy atom. The Balaban J connectivity index is 3.53. The molecule has 0 unspecified atom stereocenters. The molecule has 3 N–H and O–H groups in total. The molecule has 21 heavy (non-hydrogen) atoms. The fourth-order valence-corrected chi connectivity index (χ4v) is 2.33. The third-order valence-electron chi connectivity index (χ3n) is 3.29. The summed E-state index contributed by atoms with van der Waals surface area (Å²) >= 11 is 0. The fraction of sp³-hybridized carbons (Fsp3) is 0.714. The van der Waals surface area contributed by atoms with Gasteiger partial charge < -0.3 is 15.7 Å². The Morgan fingerprint density at radius 3 is 2.38 bits per heavy atom. The standard InChI is InChI=1S/C14H26N4O3/c1-5-6-17(7-8-19)11-12(15)18(9-10(2)3)14(21)16(4)13(11)20/h10,19H,5-9,15H2,1-4H3. The normalized spacial score (nSPS) is 11.1. The molecule has 1 heterocycles. The van der Waals surface area contributed by atoms with Gasteiger partial charge in [0.2, 0.25) is 0 Å². The maximum absolute atomic E-state index is 12.4. The zero-order valence-electron chi connectivity index (χ0n) is 13.3. The van der Waals surface area contributed by atoms with Crippen LogP contribution in [0.25, 0.3) is 0 Å². The first-order chi connectivity index (χ1) is 9.84. The van der Waals surface area contributed by atoms with Gasteiger partial charge in [-0.15, -0.1) is 0 Å². The van der Waals surface area contributed by atoms with E-state index in [0.29, 0.717) is 25.3 Å². The highest BCUT2D eigenvalue weighted by atomic mass is 16.3. The van der Waals surface area contributed by atoms with Gasteiger partial charge in [-0.25, -0.2) is 4.79 Å². The summed E-state index contributed by atoms with van der Waals surface area (Å²) in [7, 11) is 1.45. The van der Waals surface area contributed by atoms with Gasteiger partial charge in [0.25, 0.3) is 5.56 Å². The summed E-state index contributed by atoms with van der Waals surface area (Å²) in [6.45, 7) is 7.22. The second-order valence-electron chi connectivity index (χ2n) is 5.60. The Bertz CT molecular complexity index is 583. The van der Waals surface area contributed by atoms with Crippen molar-refractivity contribution in [2.45, 2.75) is 33.7 Å². The first-order valence-electron chi connectivity index (χ1n) is 7.30. The van der Waals surface area contributed by atoms with Crippen molar-refractivity contribution < 1.29 is 5.11 Å². The van der Waals surface area contributed by atoms with Crippen LogP contribution in [0.4, 0.5) is 11.5 Å². The lowest BCUT2D eigenvalue weighted by Gasteiger charge is -2.26. The van der Waals surface area contributed by atoms with Gasteiger partial charge in [0.15, 0.2) is 0 Å². The second kappa shape index (κ2) is 7.31. The summed E-state index contributed by atoms with van der Waals surface area (Å²) < 4.78 is 2.51.